The van der Waals surface area contributed by atoms with E-state index in [0.717, 1.165) is 19.7 Å². The van der Waals surface area contributed by atoms with Crippen LogP contribution in [0.5, 0.6) is 0 Å². The zero-order chi connectivity index (χ0) is 13.1. The predicted octanol–water partition coefficient (Wildman–Crippen LogP) is 2.71. The van der Waals surface area contributed by atoms with E-state index in [1.54, 1.807) is 0 Å². The molecule has 1 saturated heterocycles. The molecule has 2 N–H and O–H groups in total. The minimum absolute atomic E-state index is 0.129. The van der Waals surface area contributed by atoms with Crippen LogP contribution in [0.3, 0.4) is 0 Å². The number of nitrogens with zero attached hydrogens (tertiary/aromatic N) is 1. The highest BCUT2D eigenvalue weighted by atomic mass is 35.5. The quantitative estimate of drug-likeness (QED) is 0.930. The zero-order valence-corrected chi connectivity index (χ0v) is 11.9. The molecule has 2 rings (SSSR count). The lowest BCUT2D eigenvalue weighted by atomic mass is 10.1. The van der Waals surface area contributed by atoms with E-state index in [-0.39, 0.29) is 12.1 Å². The van der Waals surface area contributed by atoms with E-state index in [1.165, 1.54) is 5.56 Å². The van der Waals surface area contributed by atoms with E-state index in [1.807, 2.05) is 18.2 Å². The molecule has 100 valence electrons. The van der Waals surface area contributed by atoms with Crippen molar-refractivity contribution < 1.29 is 4.74 Å². The second-order valence-electron chi connectivity index (χ2n) is 4.57. The van der Waals surface area contributed by atoms with Gasteiger partial charge in [0.15, 0.2) is 0 Å². The highest BCUT2D eigenvalue weighted by molar-refractivity contribution is 6.42. The minimum Gasteiger partial charge on any atom is -0.374 e. The largest absolute Gasteiger partial charge is 0.374 e. The standard InChI is InChI=1S/C13H18Cl2N2O/c1-9(10-2-3-12(14)13(15)6-10)17-4-5-18-11(7-16)8-17/h2-3,6,9,11H,4-5,7-8,16H2,1H3/t9?,11-/m0/s1. The Balaban J connectivity index is 2.10. The SMILES string of the molecule is CC(c1ccc(Cl)c(Cl)c1)N1CCO[C@@H](CN)C1. The van der Waals surface area contributed by atoms with E-state index in [2.05, 4.69) is 11.8 Å². The molecule has 18 heavy (non-hydrogen) atoms. The molecular weight excluding hydrogens is 271 g/mol. The lowest BCUT2D eigenvalue weighted by Gasteiger charge is -2.36. The molecule has 0 amide bonds. The Morgan fingerprint density at radius 3 is 2.89 bits per heavy atom. The maximum absolute atomic E-state index is 6.06. The van der Waals surface area contributed by atoms with Gasteiger partial charge in [0.25, 0.3) is 0 Å². The molecule has 0 bridgehead atoms. The van der Waals surface area contributed by atoms with E-state index in [9.17, 15) is 0 Å². The molecule has 0 spiro atoms. The van der Waals surface area contributed by atoms with Crippen LogP contribution in [-0.2, 0) is 4.74 Å². The van der Waals surface area contributed by atoms with Gasteiger partial charge in [-0.1, -0.05) is 29.3 Å². The lowest BCUT2D eigenvalue weighted by Crippen LogP contribution is -2.46. The van der Waals surface area contributed by atoms with Crippen LogP contribution in [0.2, 0.25) is 10.0 Å². The molecule has 3 nitrogen and oxygen atoms in total. The first kappa shape index (κ1) is 14.1. The van der Waals surface area contributed by atoms with Gasteiger partial charge in [-0.2, -0.15) is 0 Å². The number of hydrogen-bond acceptors (Lipinski definition) is 3. The highest BCUT2D eigenvalue weighted by Crippen LogP contribution is 2.28. The Hall–Kier alpha value is -0.320. The number of nitrogens with two attached hydrogens (primary N) is 1. The fourth-order valence-electron chi connectivity index (χ4n) is 2.22. The second-order valence-corrected chi connectivity index (χ2v) is 5.39. The fourth-order valence-corrected chi connectivity index (χ4v) is 2.53. The molecule has 0 saturated carbocycles. The molecule has 1 aromatic rings. The third kappa shape index (κ3) is 3.16. The first-order valence-corrected chi connectivity index (χ1v) is 6.88. The van der Waals surface area contributed by atoms with Crippen molar-refractivity contribution in [3.05, 3.63) is 33.8 Å². The Morgan fingerprint density at radius 2 is 2.22 bits per heavy atom. The fraction of sp³-hybridized carbons (Fsp3) is 0.538. The molecule has 1 heterocycles. The zero-order valence-electron chi connectivity index (χ0n) is 10.4. The summed E-state index contributed by atoms with van der Waals surface area (Å²) in [4.78, 5) is 2.36. The Labute approximate surface area is 118 Å². The monoisotopic (exact) mass is 288 g/mol. The molecule has 1 fully saturated rings. The molecule has 1 aromatic carbocycles. The van der Waals surface area contributed by atoms with Crippen LogP contribution in [0.1, 0.15) is 18.5 Å². The smallest absolute Gasteiger partial charge is 0.0824 e. The van der Waals surface area contributed by atoms with Crippen LogP contribution in [-0.4, -0.2) is 37.2 Å². The molecular formula is C13H18Cl2N2O. The lowest BCUT2D eigenvalue weighted by molar-refractivity contribution is -0.0364. The predicted molar refractivity (Wildman–Crippen MR) is 75.2 cm³/mol. The summed E-state index contributed by atoms with van der Waals surface area (Å²) < 4.78 is 5.57. The van der Waals surface area contributed by atoms with Gasteiger partial charge in [-0.05, 0) is 24.6 Å². The number of rotatable bonds is 3. The molecule has 5 heteroatoms. The van der Waals surface area contributed by atoms with Gasteiger partial charge in [0, 0.05) is 25.7 Å². The third-order valence-electron chi connectivity index (χ3n) is 3.41. The summed E-state index contributed by atoms with van der Waals surface area (Å²) in [5.41, 5.74) is 6.83. The Bertz CT molecular complexity index is 414. The van der Waals surface area contributed by atoms with Gasteiger partial charge in [-0.3, -0.25) is 4.90 Å². The van der Waals surface area contributed by atoms with Crippen LogP contribution >= 0.6 is 23.2 Å². The molecule has 1 aliphatic rings. The molecule has 1 aliphatic heterocycles. The van der Waals surface area contributed by atoms with Crippen LogP contribution in [0.4, 0.5) is 0 Å². The van der Waals surface area contributed by atoms with Crippen molar-refractivity contribution in [2.45, 2.75) is 19.1 Å². The van der Waals surface area contributed by atoms with Crippen molar-refractivity contribution >= 4 is 23.2 Å². The van der Waals surface area contributed by atoms with E-state index in [4.69, 9.17) is 33.7 Å². The van der Waals surface area contributed by atoms with E-state index < -0.39 is 0 Å². The van der Waals surface area contributed by atoms with Gasteiger partial charge in [-0.15, -0.1) is 0 Å². The van der Waals surface area contributed by atoms with Gasteiger partial charge in [0.05, 0.1) is 22.8 Å². The van der Waals surface area contributed by atoms with Crippen molar-refractivity contribution in [3.8, 4) is 0 Å². The van der Waals surface area contributed by atoms with Gasteiger partial charge < -0.3 is 10.5 Å². The average molecular weight is 289 g/mol. The highest BCUT2D eigenvalue weighted by Gasteiger charge is 2.24. The maximum atomic E-state index is 6.06. The molecule has 1 unspecified atom stereocenters. The molecule has 0 radical (unpaired) electrons. The summed E-state index contributed by atoms with van der Waals surface area (Å²) in [5.74, 6) is 0. The molecule has 0 aliphatic carbocycles. The number of hydrogen-bond donors (Lipinski definition) is 1. The van der Waals surface area contributed by atoms with Crippen molar-refractivity contribution in [2.75, 3.05) is 26.2 Å². The summed E-state index contributed by atoms with van der Waals surface area (Å²) in [5, 5.41) is 1.19. The van der Waals surface area contributed by atoms with Gasteiger partial charge in [0.1, 0.15) is 0 Å². The summed E-state index contributed by atoms with van der Waals surface area (Å²) in [7, 11) is 0. The number of ether oxygens (including phenoxy) is 1. The van der Waals surface area contributed by atoms with Crippen molar-refractivity contribution in [3.63, 3.8) is 0 Å². The first-order chi connectivity index (χ1) is 8.61. The molecule has 0 aromatic heterocycles. The summed E-state index contributed by atoms with van der Waals surface area (Å²) >= 11 is 12.0. The first-order valence-electron chi connectivity index (χ1n) is 6.12. The normalized spacial score (nSPS) is 23.0. The number of morpholine rings is 1. The number of benzene rings is 1. The van der Waals surface area contributed by atoms with Crippen LogP contribution in [0, 0.1) is 0 Å². The van der Waals surface area contributed by atoms with Crippen LogP contribution in [0.25, 0.3) is 0 Å². The summed E-state index contributed by atoms with van der Waals surface area (Å²) in [6.07, 6.45) is 0.129. The van der Waals surface area contributed by atoms with Crippen molar-refractivity contribution in [1.82, 2.24) is 4.90 Å². The average Bonchev–Trinajstić information content (AvgIpc) is 2.41. The van der Waals surface area contributed by atoms with Crippen molar-refractivity contribution in [1.29, 1.82) is 0 Å². The van der Waals surface area contributed by atoms with E-state index >= 15 is 0 Å². The van der Waals surface area contributed by atoms with Gasteiger partial charge in [0.2, 0.25) is 0 Å². The topological polar surface area (TPSA) is 38.5 Å². The summed E-state index contributed by atoms with van der Waals surface area (Å²) in [6.45, 7) is 5.23. The minimum atomic E-state index is 0.129. The van der Waals surface area contributed by atoms with Gasteiger partial charge >= 0.3 is 0 Å². The number of halogens is 2. The maximum Gasteiger partial charge on any atom is 0.0824 e. The Morgan fingerprint density at radius 1 is 1.44 bits per heavy atom. The van der Waals surface area contributed by atoms with Crippen LogP contribution < -0.4 is 5.73 Å². The molecule has 2 atom stereocenters. The van der Waals surface area contributed by atoms with Crippen LogP contribution in [0.15, 0.2) is 18.2 Å². The van der Waals surface area contributed by atoms with Gasteiger partial charge in [-0.25, -0.2) is 0 Å². The third-order valence-corrected chi connectivity index (χ3v) is 4.15. The summed E-state index contributed by atoms with van der Waals surface area (Å²) in [6, 6.07) is 6.09. The Kier molecular flexibility index (Phi) is 4.87. The van der Waals surface area contributed by atoms with Crippen molar-refractivity contribution in [2.24, 2.45) is 5.73 Å². The van der Waals surface area contributed by atoms with E-state index in [0.29, 0.717) is 16.6 Å². The second kappa shape index (κ2) is 6.22.